The summed E-state index contributed by atoms with van der Waals surface area (Å²) in [6.45, 7) is 1.71. The van der Waals surface area contributed by atoms with E-state index in [1.165, 1.54) is 10.6 Å². The van der Waals surface area contributed by atoms with Gasteiger partial charge >= 0.3 is 5.97 Å². The quantitative estimate of drug-likeness (QED) is 0.439. The molecule has 1 aromatic carbocycles. The number of rotatable bonds is 0. The molecule has 146 valence electrons. The summed E-state index contributed by atoms with van der Waals surface area (Å²) >= 11 is 0. The van der Waals surface area contributed by atoms with Crippen LogP contribution in [0.25, 0.3) is 22.3 Å². The largest absolute Gasteiger partial charge is 0.458 e. The topological polar surface area (TPSA) is 102 Å². The van der Waals surface area contributed by atoms with Gasteiger partial charge in [0.15, 0.2) is 6.10 Å². The molecule has 2 N–H and O–H groups in total. The maximum absolute atomic E-state index is 14.4. The number of carbonyl (C=O) groups is 1. The fourth-order valence-electron chi connectivity index (χ4n) is 4.89. The smallest absolute Gasteiger partial charge is 0.340 e. The SMILES string of the molecule is Cc1c(F)cc2nc3c(c4c2c1CC4O)Cn1c-3cc2c(c1=O)COC(=O)C2O. The first-order valence-corrected chi connectivity index (χ1v) is 9.31. The van der Waals surface area contributed by atoms with Gasteiger partial charge in [-0.25, -0.2) is 14.2 Å². The van der Waals surface area contributed by atoms with Crippen molar-refractivity contribution in [3.63, 3.8) is 0 Å². The molecule has 0 saturated carbocycles. The van der Waals surface area contributed by atoms with Crippen LogP contribution in [0, 0.1) is 12.7 Å². The molecule has 7 nitrogen and oxygen atoms in total. The van der Waals surface area contributed by atoms with Crippen LogP contribution in [0.4, 0.5) is 4.39 Å². The number of halogens is 1. The van der Waals surface area contributed by atoms with Crippen molar-refractivity contribution < 1.29 is 24.1 Å². The molecular formula is C21H15FN2O5. The summed E-state index contributed by atoms with van der Waals surface area (Å²) in [6, 6.07) is 2.92. The Labute approximate surface area is 163 Å². The molecule has 29 heavy (non-hydrogen) atoms. The Morgan fingerprint density at radius 3 is 2.79 bits per heavy atom. The van der Waals surface area contributed by atoms with Crippen LogP contribution >= 0.6 is 0 Å². The second-order valence-corrected chi connectivity index (χ2v) is 7.79. The molecule has 0 spiro atoms. The summed E-state index contributed by atoms with van der Waals surface area (Å²) in [5.41, 5.74) is 4.05. The zero-order chi connectivity index (χ0) is 20.2. The second kappa shape index (κ2) is 5.28. The van der Waals surface area contributed by atoms with Crippen LogP contribution in [0.2, 0.25) is 0 Å². The summed E-state index contributed by atoms with van der Waals surface area (Å²) in [6.07, 6.45) is -2.04. The summed E-state index contributed by atoms with van der Waals surface area (Å²) in [4.78, 5) is 29.4. The van der Waals surface area contributed by atoms with E-state index in [0.29, 0.717) is 34.5 Å². The van der Waals surface area contributed by atoms with Gasteiger partial charge in [-0.15, -0.1) is 0 Å². The third-order valence-corrected chi connectivity index (χ3v) is 6.35. The van der Waals surface area contributed by atoms with E-state index in [0.717, 1.165) is 16.5 Å². The van der Waals surface area contributed by atoms with E-state index in [-0.39, 0.29) is 35.7 Å². The Hall–Kier alpha value is -3.10. The van der Waals surface area contributed by atoms with Crippen LogP contribution in [-0.4, -0.2) is 25.7 Å². The fraction of sp³-hybridized carbons (Fsp3) is 0.286. The number of pyridine rings is 2. The Bertz CT molecular complexity index is 1360. The van der Waals surface area contributed by atoms with Gasteiger partial charge < -0.3 is 19.5 Å². The number of cyclic esters (lactones) is 1. The number of carbonyl (C=O) groups excluding carboxylic acids is 1. The maximum atomic E-state index is 14.4. The number of nitrogens with zero attached hydrogens (tertiary/aromatic N) is 2. The minimum Gasteiger partial charge on any atom is -0.458 e. The van der Waals surface area contributed by atoms with Gasteiger partial charge in [-0.2, -0.15) is 0 Å². The van der Waals surface area contributed by atoms with Gasteiger partial charge in [-0.05, 0) is 29.7 Å². The molecular weight excluding hydrogens is 379 g/mol. The normalized spacial score (nSPS) is 21.2. The second-order valence-electron chi connectivity index (χ2n) is 7.79. The first-order chi connectivity index (χ1) is 13.9. The molecule has 3 aromatic rings. The van der Waals surface area contributed by atoms with Crippen molar-refractivity contribution in [2.45, 2.75) is 38.7 Å². The number of hydrogen-bond acceptors (Lipinski definition) is 6. The van der Waals surface area contributed by atoms with Gasteiger partial charge in [-0.1, -0.05) is 0 Å². The van der Waals surface area contributed by atoms with Crippen LogP contribution in [0.3, 0.4) is 0 Å². The molecule has 4 heterocycles. The predicted molar refractivity (Wildman–Crippen MR) is 98.7 cm³/mol. The van der Waals surface area contributed by atoms with Gasteiger partial charge in [0.2, 0.25) is 0 Å². The molecule has 1 aliphatic carbocycles. The van der Waals surface area contributed by atoms with E-state index in [4.69, 9.17) is 4.74 Å². The molecule has 0 bridgehead atoms. The third kappa shape index (κ3) is 1.95. The number of fused-ring (bicyclic) bond motifs is 5. The Morgan fingerprint density at radius 1 is 1.21 bits per heavy atom. The number of benzene rings is 1. The average molecular weight is 394 g/mol. The third-order valence-electron chi connectivity index (χ3n) is 6.35. The lowest BCUT2D eigenvalue weighted by Gasteiger charge is -2.21. The highest BCUT2D eigenvalue weighted by Crippen LogP contribution is 2.46. The van der Waals surface area contributed by atoms with Crippen molar-refractivity contribution >= 4 is 16.9 Å². The standard InChI is InChI=1S/C21H15FN2O5/c1-7-8-3-15(25)17-10-5-24-14(18(10)23-13(16(8)17)4-12(7)22)2-9-11(20(24)27)6-29-21(28)19(9)26/h2,4,15,19,25-26H,3,5-6H2,1H3. The van der Waals surface area contributed by atoms with Crippen LogP contribution in [-0.2, 0) is 29.1 Å². The number of aromatic nitrogens is 2. The number of aliphatic hydroxyl groups is 2. The average Bonchev–Trinajstić information content (AvgIpc) is 3.23. The minimum atomic E-state index is -1.53. The fourth-order valence-corrected chi connectivity index (χ4v) is 4.89. The van der Waals surface area contributed by atoms with E-state index >= 15 is 0 Å². The van der Waals surface area contributed by atoms with Crippen LogP contribution < -0.4 is 5.56 Å². The molecule has 2 aliphatic heterocycles. The van der Waals surface area contributed by atoms with Gasteiger partial charge in [0.05, 0.1) is 35.1 Å². The Balaban J connectivity index is 1.69. The van der Waals surface area contributed by atoms with Crippen molar-refractivity contribution in [3.8, 4) is 11.4 Å². The van der Waals surface area contributed by atoms with Gasteiger partial charge in [0.1, 0.15) is 12.4 Å². The van der Waals surface area contributed by atoms with E-state index < -0.39 is 18.2 Å². The lowest BCUT2D eigenvalue weighted by molar-refractivity contribution is -0.157. The molecule has 3 aliphatic rings. The van der Waals surface area contributed by atoms with E-state index in [9.17, 15) is 24.2 Å². The van der Waals surface area contributed by atoms with Crippen molar-refractivity contribution in [2.75, 3.05) is 0 Å². The highest BCUT2D eigenvalue weighted by Gasteiger charge is 2.37. The number of ether oxygens (including phenoxy) is 1. The summed E-state index contributed by atoms with van der Waals surface area (Å²) in [5, 5.41) is 21.7. The molecule has 0 radical (unpaired) electrons. The Kier molecular flexibility index (Phi) is 3.06. The maximum Gasteiger partial charge on any atom is 0.340 e. The lowest BCUT2D eigenvalue weighted by atomic mass is 9.98. The number of aliphatic hydroxyl groups excluding tert-OH is 2. The van der Waals surface area contributed by atoms with Crippen molar-refractivity contribution in [2.24, 2.45) is 0 Å². The van der Waals surface area contributed by atoms with E-state index in [2.05, 4.69) is 4.98 Å². The Morgan fingerprint density at radius 2 is 2.00 bits per heavy atom. The molecule has 8 heteroatoms. The molecule has 2 atom stereocenters. The minimum absolute atomic E-state index is 0.194. The molecule has 0 amide bonds. The van der Waals surface area contributed by atoms with Crippen LogP contribution in [0.5, 0.6) is 0 Å². The van der Waals surface area contributed by atoms with E-state index in [1.54, 1.807) is 13.0 Å². The highest BCUT2D eigenvalue weighted by molar-refractivity contribution is 5.94. The van der Waals surface area contributed by atoms with Gasteiger partial charge in [0, 0.05) is 29.0 Å². The molecule has 0 saturated heterocycles. The zero-order valence-electron chi connectivity index (χ0n) is 15.3. The molecule has 2 unspecified atom stereocenters. The number of hydrogen-bond donors (Lipinski definition) is 2. The van der Waals surface area contributed by atoms with Crippen molar-refractivity contribution in [1.29, 1.82) is 0 Å². The van der Waals surface area contributed by atoms with Crippen LogP contribution in [0.15, 0.2) is 16.9 Å². The van der Waals surface area contributed by atoms with Crippen molar-refractivity contribution in [1.82, 2.24) is 9.55 Å². The summed E-state index contributed by atoms with van der Waals surface area (Å²) in [5.74, 6) is -1.19. The first kappa shape index (κ1) is 16.8. The highest BCUT2D eigenvalue weighted by atomic mass is 19.1. The molecule has 2 aromatic heterocycles. The van der Waals surface area contributed by atoms with Crippen LogP contribution in [0.1, 0.15) is 45.6 Å². The van der Waals surface area contributed by atoms with Crippen molar-refractivity contribution in [3.05, 3.63) is 61.7 Å². The molecule has 6 rings (SSSR count). The summed E-state index contributed by atoms with van der Waals surface area (Å²) < 4.78 is 20.8. The first-order valence-electron chi connectivity index (χ1n) is 9.31. The monoisotopic (exact) mass is 394 g/mol. The van der Waals surface area contributed by atoms with Gasteiger partial charge in [0.25, 0.3) is 5.56 Å². The predicted octanol–water partition coefficient (Wildman–Crippen LogP) is 1.55. The number of esters is 1. The molecule has 0 fully saturated rings. The zero-order valence-corrected chi connectivity index (χ0v) is 15.3. The summed E-state index contributed by atoms with van der Waals surface area (Å²) in [7, 11) is 0. The lowest BCUT2D eigenvalue weighted by Crippen LogP contribution is -2.32. The van der Waals surface area contributed by atoms with Gasteiger partial charge in [-0.3, -0.25) is 4.79 Å². The van der Waals surface area contributed by atoms with E-state index in [1.807, 2.05) is 0 Å².